The number of hydrogen-bond acceptors (Lipinski definition) is 3. The van der Waals surface area contributed by atoms with Gasteiger partial charge in [0, 0.05) is 12.4 Å². The standard InChI is InChI=1S/C9H7NO2S/c11-9(8-2-1-5-12-8)10-3-6-13-7-4-10/h1-7H. The first-order valence-electron chi connectivity index (χ1n) is 3.73. The van der Waals surface area contributed by atoms with Crippen LogP contribution in [0, 0.1) is 0 Å². The molecule has 0 spiro atoms. The number of carbonyl (C=O) groups excluding carboxylic acids is 1. The zero-order chi connectivity index (χ0) is 9.10. The quantitative estimate of drug-likeness (QED) is 0.686. The zero-order valence-electron chi connectivity index (χ0n) is 6.71. The summed E-state index contributed by atoms with van der Waals surface area (Å²) in [6.45, 7) is 0. The summed E-state index contributed by atoms with van der Waals surface area (Å²) in [7, 11) is 0. The van der Waals surface area contributed by atoms with E-state index in [1.807, 2.05) is 10.8 Å². The number of furan rings is 1. The van der Waals surface area contributed by atoms with Gasteiger partial charge in [-0.3, -0.25) is 9.69 Å². The molecule has 13 heavy (non-hydrogen) atoms. The Hall–Kier alpha value is -1.42. The molecule has 0 aromatic carbocycles. The highest BCUT2D eigenvalue weighted by molar-refractivity contribution is 8.04. The monoisotopic (exact) mass is 193 g/mol. The molecule has 2 rings (SSSR count). The summed E-state index contributed by atoms with van der Waals surface area (Å²) in [6, 6.07) is 3.34. The second-order valence-electron chi connectivity index (χ2n) is 2.40. The lowest BCUT2D eigenvalue weighted by atomic mass is 10.4. The van der Waals surface area contributed by atoms with Gasteiger partial charge in [0.05, 0.1) is 6.26 Å². The third-order valence-corrected chi connectivity index (χ3v) is 2.12. The average molecular weight is 193 g/mol. The van der Waals surface area contributed by atoms with Crippen molar-refractivity contribution in [3.8, 4) is 0 Å². The Bertz CT molecular complexity index is 342. The van der Waals surface area contributed by atoms with Crippen molar-refractivity contribution >= 4 is 17.7 Å². The van der Waals surface area contributed by atoms with Crippen molar-refractivity contribution in [2.24, 2.45) is 0 Å². The van der Waals surface area contributed by atoms with E-state index < -0.39 is 0 Å². The smallest absolute Gasteiger partial charge is 0.297 e. The third-order valence-electron chi connectivity index (χ3n) is 1.57. The van der Waals surface area contributed by atoms with E-state index in [0.29, 0.717) is 5.76 Å². The highest BCUT2D eigenvalue weighted by Crippen LogP contribution is 2.15. The van der Waals surface area contributed by atoms with Crippen LogP contribution in [-0.2, 0) is 0 Å². The molecule has 1 amide bonds. The van der Waals surface area contributed by atoms with Gasteiger partial charge in [0.25, 0.3) is 5.91 Å². The number of nitrogens with zero attached hydrogens (tertiary/aromatic N) is 1. The minimum Gasteiger partial charge on any atom is -0.459 e. The molecule has 0 N–H and O–H groups in total. The molecule has 1 aromatic rings. The van der Waals surface area contributed by atoms with Crippen LogP contribution in [0.1, 0.15) is 10.6 Å². The molecular formula is C9H7NO2S. The lowest BCUT2D eigenvalue weighted by molar-refractivity contribution is 0.0839. The van der Waals surface area contributed by atoms with Gasteiger partial charge >= 0.3 is 0 Å². The predicted molar refractivity (Wildman–Crippen MR) is 50.7 cm³/mol. The van der Waals surface area contributed by atoms with Crippen molar-refractivity contribution in [1.29, 1.82) is 0 Å². The van der Waals surface area contributed by atoms with Gasteiger partial charge in [-0.2, -0.15) is 0 Å². The molecular weight excluding hydrogens is 186 g/mol. The van der Waals surface area contributed by atoms with Crippen LogP contribution >= 0.6 is 11.8 Å². The molecule has 2 heterocycles. The van der Waals surface area contributed by atoms with Gasteiger partial charge < -0.3 is 4.42 Å². The first-order valence-corrected chi connectivity index (χ1v) is 4.67. The van der Waals surface area contributed by atoms with E-state index in [0.717, 1.165) is 0 Å². The molecule has 0 saturated carbocycles. The van der Waals surface area contributed by atoms with E-state index in [1.54, 1.807) is 24.5 Å². The maximum Gasteiger partial charge on any atom is 0.297 e. The minimum atomic E-state index is -0.155. The Morgan fingerprint density at radius 3 is 2.77 bits per heavy atom. The molecule has 1 aromatic heterocycles. The Labute approximate surface area is 79.7 Å². The molecule has 1 aliphatic heterocycles. The molecule has 0 unspecified atom stereocenters. The van der Waals surface area contributed by atoms with Gasteiger partial charge in [-0.05, 0) is 22.9 Å². The first-order chi connectivity index (χ1) is 6.38. The molecule has 0 bridgehead atoms. The molecule has 1 aliphatic rings. The lowest BCUT2D eigenvalue weighted by Crippen LogP contribution is -2.19. The summed E-state index contributed by atoms with van der Waals surface area (Å²) < 4.78 is 4.98. The Morgan fingerprint density at radius 1 is 1.38 bits per heavy atom. The van der Waals surface area contributed by atoms with Gasteiger partial charge in [0.15, 0.2) is 5.76 Å². The topological polar surface area (TPSA) is 33.5 Å². The van der Waals surface area contributed by atoms with Crippen LogP contribution in [0.5, 0.6) is 0 Å². The first kappa shape index (κ1) is 8.19. The van der Waals surface area contributed by atoms with Crippen molar-refractivity contribution in [3.63, 3.8) is 0 Å². The summed E-state index contributed by atoms with van der Waals surface area (Å²) in [5.74, 6) is 0.194. The van der Waals surface area contributed by atoms with Crippen LogP contribution in [-0.4, -0.2) is 10.8 Å². The van der Waals surface area contributed by atoms with Gasteiger partial charge in [-0.15, -0.1) is 11.8 Å². The average Bonchev–Trinajstić information content (AvgIpc) is 2.71. The number of thioether (sulfide) groups is 1. The summed E-state index contributed by atoms with van der Waals surface area (Å²) in [5.41, 5.74) is 0. The maximum absolute atomic E-state index is 11.6. The number of carbonyl (C=O) groups is 1. The molecule has 0 aliphatic carbocycles. The Kier molecular flexibility index (Phi) is 2.23. The second kappa shape index (κ2) is 3.53. The van der Waals surface area contributed by atoms with Gasteiger partial charge in [-0.25, -0.2) is 0 Å². The highest BCUT2D eigenvalue weighted by Gasteiger charge is 2.14. The second-order valence-corrected chi connectivity index (χ2v) is 3.21. The number of amides is 1. The third kappa shape index (κ3) is 1.67. The van der Waals surface area contributed by atoms with E-state index in [1.165, 1.54) is 22.9 Å². The molecule has 0 atom stereocenters. The van der Waals surface area contributed by atoms with Crippen molar-refractivity contribution < 1.29 is 9.21 Å². The minimum absolute atomic E-state index is 0.155. The summed E-state index contributed by atoms with van der Waals surface area (Å²) >= 11 is 1.53. The zero-order valence-corrected chi connectivity index (χ0v) is 7.53. The largest absolute Gasteiger partial charge is 0.459 e. The molecule has 4 heteroatoms. The van der Waals surface area contributed by atoms with Crippen molar-refractivity contribution in [1.82, 2.24) is 4.90 Å². The SMILES string of the molecule is O=C(c1ccco1)N1C=CSC=C1. The fraction of sp³-hybridized carbons (Fsp3) is 0. The normalized spacial score (nSPS) is 14.9. The van der Waals surface area contributed by atoms with E-state index in [-0.39, 0.29) is 5.91 Å². The van der Waals surface area contributed by atoms with Crippen LogP contribution in [0.4, 0.5) is 0 Å². The number of rotatable bonds is 1. The van der Waals surface area contributed by atoms with Crippen LogP contribution < -0.4 is 0 Å². The van der Waals surface area contributed by atoms with Gasteiger partial charge in [-0.1, -0.05) is 0 Å². The van der Waals surface area contributed by atoms with E-state index >= 15 is 0 Å². The van der Waals surface area contributed by atoms with E-state index in [9.17, 15) is 4.79 Å². The lowest BCUT2D eigenvalue weighted by Gasteiger charge is -2.13. The van der Waals surface area contributed by atoms with Gasteiger partial charge in [0.1, 0.15) is 0 Å². The van der Waals surface area contributed by atoms with Crippen molar-refractivity contribution in [3.05, 3.63) is 47.4 Å². The van der Waals surface area contributed by atoms with E-state index in [4.69, 9.17) is 4.42 Å². The number of hydrogen-bond donors (Lipinski definition) is 0. The molecule has 66 valence electrons. The summed E-state index contributed by atoms with van der Waals surface area (Å²) in [5, 5.41) is 3.67. The Morgan fingerprint density at radius 2 is 2.15 bits per heavy atom. The molecule has 3 nitrogen and oxygen atoms in total. The fourth-order valence-electron chi connectivity index (χ4n) is 0.959. The van der Waals surface area contributed by atoms with Crippen molar-refractivity contribution in [2.45, 2.75) is 0 Å². The summed E-state index contributed by atoms with van der Waals surface area (Å²) in [4.78, 5) is 13.1. The molecule has 0 fully saturated rings. The molecule has 0 radical (unpaired) electrons. The predicted octanol–water partition coefficient (Wildman–Crippen LogP) is 2.41. The fourth-order valence-corrected chi connectivity index (χ4v) is 1.45. The molecule has 0 saturated heterocycles. The van der Waals surface area contributed by atoms with Crippen molar-refractivity contribution in [2.75, 3.05) is 0 Å². The highest BCUT2D eigenvalue weighted by atomic mass is 32.2. The Balaban J connectivity index is 2.18. The van der Waals surface area contributed by atoms with E-state index in [2.05, 4.69) is 0 Å². The maximum atomic E-state index is 11.6. The van der Waals surface area contributed by atoms with Crippen LogP contribution in [0.3, 0.4) is 0 Å². The van der Waals surface area contributed by atoms with Crippen LogP contribution in [0.2, 0.25) is 0 Å². The van der Waals surface area contributed by atoms with Crippen LogP contribution in [0.15, 0.2) is 46.0 Å². The van der Waals surface area contributed by atoms with Gasteiger partial charge in [0.2, 0.25) is 0 Å². The van der Waals surface area contributed by atoms with Crippen LogP contribution in [0.25, 0.3) is 0 Å². The summed E-state index contributed by atoms with van der Waals surface area (Å²) in [6.07, 6.45) is 4.89.